The second-order valence-electron chi connectivity index (χ2n) is 8.05. The summed E-state index contributed by atoms with van der Waals surface area (Å²) in [6.07, 6.45) is 1.40. The fourth-order valence-electron chi connectivity index (χ4n) is 5.47. The molecule has 1 aliphatic heterocycles. The molecule has 0 aromatic carbocycles. The summed E-state index contributed by atoms with van der Waals surface area (Å²) in [4.78, 5) is 24.0. The number of aliphatic hydroxyl groups excluding tert-OH is 1. The molecule has 23 heavy (non-hydrogen) atoms. The molecule has 6 nitrogen and oxygen atoms in total. The molecule has 0 unspecified atom stereocenters. The van der Waals surface area contributed by atoms with Crippen molar-refractivity contribution in [1.29, 1.82) is 0 Å². The third-order valence-corrected chi connectivity index (χ3v) is 6.18. The first-order valence-corrected chi connectivity index (χ1v) is 8.26. The zero-order chi connectivity index (χ0) is 17.0. The van der Waals surface area contributed by atoms with Gasteiger partial charge in [0.25, 0.3) is 0 Å². The summed E-state index contributed by atoms with van der Waals surface area (Å²) in [5.41, 5.74) is -1.77. The molecule has 2 aliphatic carbocycles. The Morgan fingerprint density at radius 3 is 2.57 bits per heavy atom. The fourth-order valence-corrected chi connectivity index (χ4v) is 5.47. The van der Waals surface area contributed by atoms with Gasteiger partial charge in [-0.2, -0.15) is 0 Å². The van der Waals surface area contributed by atoms with Crippen LogP contribution in [0.15, 0.2) is 0 Å². The Hall–Kier alpha value is -1.14. The maximum absolute atomic E-state index is 12.4. The van der Waals surface area contributed by atoms with Crippen molar-refractivity contribution in [1.82, 2.24) is 0 Å². The number of carbonyl (C=O) groups excluding carboxylic acids is 2. The van der Waals surface area contributed by atoms with Crippen molar-refractivity contribution in [3.8, 4) is 0 Å². The van der Waals surface area contributed by atoms with Crippen LogP contribution in [0.5, 0.6) is 0 Å². The van der Waals surface area contributed by atoms with Crippen LogP contribution < -0.4 is 0 Å². The van der Waals surface area contributed by atoms with E-state index < -0.39 is 29.7 Å². The number of ether oxygens (including phenoxy) is 3. The van der Waals surface area contributed by atoms with E-state index in [-0.39, 0.29) is 16.7 Å². The summed E-state index contributed by atoms with van der Waals surface area (Å²) in [5.74, 6) is -1.07. The molecule has 3 fully saturated rings. The van der Waals surface area contributed by atoms with Crippen LogP contribution in [-0.2, 0) is 23.8 Å². The van der Waals surface area contributed by atoms with Crippen LogP contribution >= 0.6 is 0 Å². The molecule has 1 N–H and O–H groups in total. The Bertz CT molecular complexity index is 529. The van der Waals surface area contributed by atoms with E-state index in [1.54, 1.807) is 0 Å². The molecule has 3 rings (SSSR count). The highest BCUT2D eigenvalue weighted by atomic mass is 16.6. The minimum absolute atomic E-state index is 0.0390. The predicted molar refractivity (Wildman–Crippen MR) is 80.4 cm³/mol. The fraction of sp³-hybridized carbons (Fsp3) is 0.882. The van der Waals surface area contributed by atoms with Crippen LogP contribution in [0.1, 0.15) is 46.5 Å². The predicted octanol–water partition coefficient (Wildman–Crippen LogP) is 1.44. The van der Waals surface area contributed by atoms with E-state index in [4.69, 9.17) is 14.2 Å². The Kier molecular flexibility index (Phi) is 3.76. The van der Waals surface area contributed by atoms with E-state index >= 15 is 0 Å². The maximum Gasteiger partial charge on any atom is 0.341 e. The molecule has 0 aromatic heterocycles. The molecule has 1 spiro atoms. The van der Waals surface area contributed by atoms with Crippen molar-refractivity contribution in [2.24, 2.45) is 16.7 Å². The Labute approximate surface area is 136 Å². The van der Waals surface area contributed by atoms with Gasteiger partial charge in [0, 0.05) is 18.3 Å². The van der Waals surface area contributed by atoms with Crippen molar-refractivity contribution in [2.45, 2.75) is 64.3 Å². The summed E-state index contributed by atoms with van der Waals surface area (Å²) in [7, 11) is 1.29. The summed E-state index contributed by atoms with van der Waals surface area (Å²) in [6.45, 7) is 6.01. The quantitative estimate of drug-likeness (QED) is 0.773. The molecule has 1 heterocycles. The number of hydrogen-bond donors (Lipinski definition) is 1. The molecule has 2 saturated carbocycles. The molecule has 0 radical (unpaired) electrons. The van der Waals surface area contributed by atoms with Gasteiger partial charge in [0.05, 0.1) is 13.7 Å². The summed E-state index contributed by atoms with van der Waals surface area (Å²) < 4.78 is 16.3. The summed E-state index contributed by atoms with van der Waals surface area (Å²) in [6, 6.07) is 0. The Morgan fingerprint density at radius 2 is 1.96 bits per heavy atom. The highest BCUT2D eigenvalue weighted by molar-refractivity contribution is 5.81. The molecule has 3 aliphatic rings. The molecule has 5 atom stereocenters. The van der Waals surface area contributed by atoms with Crippen molar-refractivity contribution < 1.29 is 28.9 Å². The zero-order valence-electron chi connectivity index (χ0n) is 14.3. The topological polar surface area (TPSA) is 82.1 Å². The monoisotopic (exact) mass is 326 g/mol. The van der Waals surface area contributed by atoms with Crippen LogP contribution in [0.25, 0.3) is 0 Å². The number of methoxy groups -OCH3 is 1. The van der Waals surface area contributed by atoms with Gasteiger partial charge in [0.15, 0.2) is 5.60 Å². The minimum Gasteiger partial charge on any atom is -0.467 e. The van der Waals surface area contributed by atoms with Gasteiger partial charge in [-0.05, 0) is 24.7 Å². The minimum atomic E-state index is -1.42. The highest BCUT2D eigenvalue weighted by Gasteiger charge is 2.72. The number of esters is 2. The molecule has 1 saturated heterocycles. The molecule has 0 aromatic rings. The first-order valence-electron chi connectivity index (χ1n) is 8.26. The van der Waals surface area contributed by atoms with Crippen LogP contribution in [0.4, 0.5) is 0 Å². The van der Waals surface area contributed by atoms with Gasteiger partial charge in [0.1, 0.15) is 12.2 Å². The number of carbonyl (C=O) groups is 2. The van der Waals surface area contributed by atoms with E-state index in [9.17, 15) is 14.7 Å². The van der Waals surface area contributed by atoms with Crippen molar-refractivity contribution in [3.63, 3.8) is 0 Å². The van der Waals surface area contributed by atoms with Crippen LogP contribution in [-0.4, -0.2) is 48.6 Å². The number of hydrogen-bond acceptors (Lipinski definition) is 6. The number of fused-ring (bicyclic) bond motifs is 1. The number of aliphatic hydroxyl groups is 1. The number of rotatable bonds is 2. The summed E-state index contributed by atoms with van der Waals surface area (Å²) >= 11 is 0. The SMILES string of the molecule is COC(=O)[C@]12C[C@@]3(CCCC(C)(C)[C@H]3[C@@H](OC(C)=O)[C@@H]1O)CO2. The first kappa shape index (κ1) is 16.7. The van der Waals surface area contributed by atoms with Crippen LogP contribution in [0.3, 0.4) is 0 Å². The summed E-state index contributed by atoms with van der Waals surface area (Å²) in [5, 5.41) is 10.9. The molecular formula is C17H26O6. The third kappa shape index (κ3) is 2.22. The first-order chi connectivity index (χ1) is 10.7. The largest absolute Gasteiger partial charge is 0.467 e. The Balaban J connectivity index is 2.09. The van der Waals surface area contributed by atoms with Gasteiger partial charge < -0.3 is 19.3 Å². The van der Waals surface area contributed by atoms with Crippen LogP contribution in [0, 0.1) is 16.7 Å². The maximum atomic E-state index is 12.4. The molecule has 130 valence electrons. The standard InChI is InChI=1S/C17H26O6/c1-10(18)23-11-12-15(2,3)6-5-7-16(12)8-17(13(11)19,22-9-16)14(20)21-4/h11-13,19H,5-9H2,1-4H3/t11-,12-,13+,16+,17+/m1/s1. The smallest absolute Gasteiger partial charge is 0.341 e. The van der Waals surface area contributed by atoms with Gasteiger partial charge in [-0.15, -0.1) is 0 Å². The molecule has 0 amide bonds. The van der Waals surface area contributed by atoms with E-state index in [0.29, 0.717) is 13.0 Å². The van der Waals surface area contributed by atoms with E-state index in [0.717, 1.165) is 19.3 Å². The van der Waals surface area contributed by atoms with Gasteiger partial charge in [-0.1, -0.05) is 20.3 Å². The second-order valence-corrected chi connectivity index (χ2v) is 8.05. The molecule has 2 bridgehead atoms. The van der Waals surface area contributed by atoms with Gasteiger partial charge >= 0.3 is 11.9 Å². The van der Waals surface area contributed by atoms with Crippen molar-refractivity contribution in [2.75, 3.05) is 13.7 Å². The van der Waals surface area contributed by atoms with Crippen molar-refractivity contribution >= 4 is 11.9 Å². The van der Waals surface area contributed by atoms with E-state index in [1.807, 2.05) is 0 Å². The lowest BCUT2D eigenvalue weighted by molar-refractivity contribution is -0.218. The highest BCUT2D eigenvalue weighted by Crippen LogP contribution is 2.64. The van der Waals surface area contributed by atoms with E-state index in [2.05, 4.69) is 13.8 Å². The van der Waals surface area contributed by atoms with E-state index in [1.165, 1.54) is 14.0 Å². The second kappa shape index (κ2) is 5.18. The lowest BCUT2D eigenvalue weighted by Gasteiger charge is -2.57. The van der Waals surface area contributed by atoms with Gasteiger partial charge in [-0.3, -0.25) is 4.79 Å². The van der Waals surface area contributed by atoms with Gasteiger partial charge in [-0.25, -0.2) is 4.79 Å². The Morgan fingerprint density at radius 1 is 1.26 bits per heavy atom. The zero-order valence-corrected chi connectivity index (χ0v) is 14.3. The average Bonchev–Trinajstić information content (AvgIpc) is 2.80. The van der Waals surface area contributed by atoms with Crippen LogP contribution in [0.2, 0.25) is 0 Å². The molecule has 6 heteroatoms. The van der Waals surface area contributed by atoms with Crippen molar-refractivity contribution in [3.05, 3.63) is 0 Å². The van der Waals surface area contributed by atoms with Gasteiger partial charge in [0.2, 0.25) is 0 Å². The normalized spacial score (nSPS) is 44.3. The average molecular weight is 326 g/mol. The lowest BCUT2D eigenvalue weighted by Crippen LogP contribution is -2.66. The lowest BCUT2D eigenvalue weighted by atomic mass is 9.48. The third-order valence-electron chi connectivity index (χ3n) is 6.18. The molecular weight excluding hydrogens is 300 g/mol.